The Bertz CT molecular complexity index is 743. The smallest absolute Gasteiger partial charge is 0.193 e. The molecular formula is C17H12O2. The molecule has 3 aromatic rings. The number of ketones is 1. The van der Waals surface area contributed by atoms with Gasteiger partial charge in [0.25, 0.3) is 0 Å². The van der Waals surface area contributed by atoms with Crippen molar-refractivity contribution < 1.29 is 9.90 Å². The molecule has 0 bridgehead atoms. The summed E-state index contributed by atoms with van der Waals surface area (Å²) in [5.41, 5.74) is 1.23. The number of rotatable bonds is 2. The van der Waals surface area contributed by atoms with Gasteiger partial charge in [-0.2, -0.15) is 0 Å². The number of aromatic hydroxyl groups is 1. The molecule has 0 radical (unpaired) electrons. The summed E-state index contributed by atoms with van der Waals surface area (Å²) >= 11 is 0. The van der Waals surface area contributed by atoms with Crippen LogP contribution in [0.5, 0.6) is 5.75 Å². The summed E-state index contributed by atoms with van der Waals surface area (Å²) in [4.78, 5) is 12.3. The maximum atomic E-state index is 12.3. The van der Waals surface area contributed by atoms with Gasteiger partial charge in [0.1, 0.15) is 5.75 Å². The standard InChI is InChI=1S/C17H12O2/c18-16-9-7-13(8-10-16)17(19)15-6-5-12-3-1-2-4-14(12)11-15/h1-11,18H. The van der Waals surface area contributed by atoms with Crippen LogP contribution in [-0.2, 0) is 0 Å². The monoisotopic (exact) mass is 248 g/mol. The highest BCUT2D eigenvalue weighted by Crippen LogP contribution is 2.19. The van der Waals surface area contributed by atoms with Crippen LogP contribution in [0.3, 0.4) is 0 Å². The second-order valence-corrected chi connectivity index (χ2v) is 4.44. The molecule has 2 heteroatoms. The molecule has 0 saturated heterocycles. The van der Waals surface area contributed by atoms with Crippen LogP contribution in [0.4, 0.5) is 0 Å². The predicted molar refractivity (Wildman–Crippen MR) is 75.5 cm³/mol. The van der Waals surface area contributed by atoms with E-state index in [0.29, 0.717) is 11.1 Å². The van der Waals surface area contributed by atoms with Crippen molar-refractivity contribution in [2.75, 3.05) is 0 Å². The van der Waals surface area contributed by atoms with E-state index in [9.17, 15) is 9.90 Å². The first kappa shape index (κ1) is 11.5. The van der Waals surface area contributed by atoms with Crippen LogP contribution >= 0.6 is 0 Å². The number of phenolic OH excluding ortho intramolecular Hbond substituents is 1. The minimum absolute atomic E-state index is 0.0363. The van der Waals surface area contributed by atoms with Crippen molar-refractivity contribution in [3.63, 3.8) is 0 Å². The second-order valence-electron chi connectivity index (χ2n) is 4.44. The third kappa shape index (κ3) is 2.20. The molecule has 0 amide bonds. The molecule has 0 aliphatic carbocycles. The van der Waals surface area contributed by atoms with Crippen molar-refractivity contribution in [3.8, 4) is 5.75 Å². The lowest BCUT2D eigenvalue weighted by molar-refractivity contribution is 0.103. The van der Waals surface area contributed by atoms with Crippen LogP contribution < -0.4 is 0 Å². The molecule has 0 atom stereocenters. The molecule has 0 aliphatic rings. The van der Waals surface area contributed by atoms with Crippen molar-refractivity contribution >= 4 is 16.6 Å². The number of carbonyl (C=O) groups excluding carboxylic acids is 1. The molecule has 19 heavy (non-hydrogen) atoms. The number of hydrogen-bond acceptors (Lipinski definition) is 2. The molecule has 3 rings (SSSR count). The highest BCUT2D eigenvalue weighted by molar-refractivity contribution is 6.10. The lowest BCUT2D eigenvalue weighted by atomic mass is 10.00. The molecule has 0 unspecified atom stereocenters. The molecule has 0 fully saturated rings. The normalized spacial score (nSPS) is 10.5. The molecule has 1 N–H and O–H groups in total. The highest BCUT2D eigenvalue weighted by Gasteiger charge is 2.09. The van der Waals surface area contributed by atoms with Crippen LogP contribution in [0.1, 0.15) is 15.9 Å². The van der Waals surface area contributed by atoms with Crippen LogP contribution in [0.25, 0.3) is 10.8 Å². The fourth-order valence-electron chi connectivity index (χ4n) is 2.11. The van der Waals surface area contributed by atoms with Crippen molar-refractivity contribution in [2.45, 2.75) is 0 Å². The van der Waals surface area contributed by atoms with Gasteiger partial charge in [0.15, 0.2) is 5.78 Å². The third-order valence-corrected chi connectivity index (χ3v) is 3.14. The number of carbonyl (C=O) groups is 1. The summed E-state index contributed by atoms with van der Waals surface area (Å²) in [6.45, 7) is 0. The van der Waals surface area contributed by atoms with Crippen LogP contribution in [0, 0.1) is 0 Å². The first-order chi connectivity index (χ1) is 9.24. The zero-order valence-electron chi connectivity index (χ0n) is 10.2. The fraction of sp³-hybridized carbons (Fsp3) is 0. The summed E-state index contributed by atoms with van der Waals surface area (Å²) in [6, 6.07) is 19.9. The average Bonchev–Trinajstić information content (AvgIpc) is 2.47. The van der Waals surface area contributed by atoms with Gasteiger partial charge in [-0.3, -0.25) is 4.79 Å². The van der Waals surface area contributed by atoms with Crippen LogP contribution in [0.2, 0.25) is 0 Å². The summed E-state index contributed by atoms with van der Waals surface area (Å²) in [7, 11) is 0. The average molecular weight is 248 g/mol. The van der Waals surface area contributed by atoms with Gasteiger partial charge >= 0.3 is 0 Å². The van der Waals surface area contributed by atoms with Gasteiger partial charge in [0.2, 0.25) is 0 Å². The quantitative estimate of drug-likeness (QED) is 0.701. The van der Waals surface area contributed by atoms with E-state index in [1.807, 2.05) is 42.5 Å². The molecule has 0 aromatic heterocycles. The summed E-state index contributed by atoms with van der Waals surface area (Å²) in [5.74, 6) is 0.126. The van der Waals surface area contributed by atoms with Gasteiger partial charge in [0, 0.05) is 11.1 Å². The van der Waals surface area contributed by atoms with Gasteiger partial charge in [-0.05, 0) is 41.1 Å². The van der Waals surface area contributed by atoms with E-state index in [1.54, 1.807) is 12.1 Å². The molecule has 0 aliphatic heterocycles. The Morgan fingerprint density at radius 3 is 2.11 bits per heavy atom. The molecule has 0 saturated carbocycles. The van der Waals surface area contributed by atoms with Gasteiger partial charge < -0.3 is 5.11 Å². The Morgan fingerprint density at radius 2 is 1.37 bits per heavy atom. The molecular weight excluding hydrogens is 236 g/mol. The number of phenols is 1. The minimum Gasteiger partial charge on any atom is -0.508 e. The molecule has 2 nitrogen and oxygen atoms in total. The number of benzene rings is 3. The first-order valence-electron chi connectivity index (χ1n) is 6.06. The van der Waals surface area contributed by atoms with E-state index in [4.69, 9.17) is 0 Å². The maximum absolute atomic E-state index is 12.3. The van der Waals surface area contributed by atoms with Crippen LogP contribution in [0.15, 0.2) is 66.7 Å². The number of hydrogen-bond donors (Lipinski definition) is 1. The van der Waals surface area contributed by atoms with E-state index >= 15 is 0 Å². The van der Waals surface area contributed by atoms with Gasteiger partial charge in [-0.15, -0.1) is 0 Å². The third-order valence-electron chi connectivity index (χ3n) is 3.14. The lowest BCUT2D eigenvalue weighted by Crippen LogP contribution is -2.00. The minimum atomic E-state index is -0.0363. The Kier molecular flexibility index (Phi) is 2.76. The van der Waals surface area contributed by atoms with Crippen molar-refractivity contribution in [3.05, 3.63) is 77.9 Å². The van der Waals surface area contributed by atoms with Crippen LogP contribution in [-0.4, -0.2) is 10.9 Å². The van der Waals surface area contributed by atoms with E-state index < -0.39 is 0 Å². The second kappa shape index (κ2) is 4.58. The Balaban J connectivity index is 2.04. The Morgan fingerprint density at radius 1 is 0.737 bits per heavy atom. The zero-order valence-corrected chi connectivity index (χ0v) is 10.2. The first-order valence-corrected chi connectivity index (χ1v) is 6.06. The van der Waals surface area contributed by atoms with E-state index in [1.165, 1.54) is 12.1 Å². The van der Waals surface area contributed by atoms with E-state index in [2.05, 4.69) is 0 Å². The summed E-state index contributed by atoms with van der Waals surface area (Å²) in [6.07, 6.45) is 0. The number of fused-ring (bicyclic) bond motifs is 1. The van der Waals surface area contributed by atoms with Crippen molar-refractivity contribution in [1.82, 2.24) is 0 Å². The van der Waals surface area contributed by atoms with E-state index in [0.717, 1.165) is 10.8 Å². The van der Waals surface area contributed by atoms with Crippen molar-refractivity contribution in [2.24, 2.45) is 0 Å². The fourth-order valence-corrected chi connectivity index (χ4v) is 2.11. The lowest BCUT2D eigenvalue weighted by Gasteiger charge is -2.03. The van der Waals surface area contributed by atoms with Crippen molar-refractivity contribution in [1.29, 1.82) is 0 Å². The largest absolute Gasteiger partial charge is 0.508 e. The molecule has 3 aromatic carbocycles. The topological polar surface area (TPSA) is 37.3 Å². The van der Waals surface area contributed by atoms with Gasteiger partial charge in [-0.1, -0.05) is 36.4 Å². The predicted octanol–water partition coefficient (Wildman–Crippen LogP) is 3.78. The zero-order chi connectivity index (χ0) is 13.2. The van der Waals surface area contributed by atoms with E-state index in [-0.39, 0.29) is 11.5 Å². The molecule has 0 heterocycles. The SMILES string of the molecule is O=C(c1ccc(O)cc1)c1ccc2ccccc2c1. The molecule has 0 spiro atoms. The molecule has 92 valence electrons. The Labute approximate surface area is 110 Å². The van der Waals surface area contributed by atoms with Gasteiger partial charge in [0.05, 0.1) is 0 Å². The summed E-state index contributed by atoms with van der Waals surface area (Å²) < 4.78 is 0. The highest BCUT2D eigenvalue weighted by atomic mass is 16.3. The van der Waals surface area contributed by atoms with Gasteiger partial charge in [-0.25, -0.2) is 0 Å². The summed E-state index contributed by atoms with van der Waals surface area (Å²) in [5, 5.41) is 11.4. The Hall–Kier alpha value is -2.61. The maximum Gasteiger partial charge on any atom is 0.193 e.